The molecule has 22 heavy (non-hydrogen) atoms. The first kappa shape index (κ1) is 19.2. The number of benzene rings is 1. The van der Waals surface area contributed by atoms with Gasteiger partial charge in [0.1, 0.15) is 5.75 Å². The molecule has 0 bridgehead atoms. The molecule has 126 valence electrons. The number of halogens is 1. The molecule has 1 aliphatic rings. The molecule has 2 N–H and O–H groups in total. The molecule has 0 aliphatic carbocycles. The molecule has 0 unspecified atom stereocenters. The van der Waals surface area contributed by atoms with Crippen molar-refractivity contribution < 1.29 is 13.2 Å². The van der Waals surface area contributed by atoms with Crippen LogP contribution in [0.2, 0.25) is 0 Å². The molecule has 7 heteroatoms. The van der Waals surface area contributed by atoms with Crippen LogP contribution < -0.4 is 10.5 Å². The number of hydrogen-bond acceptors (Lipinski definition) is 4. The Morgan fingerprint density at radius 1 is 1.23 bits per heavy atom. The Labute approximate surface area is 139 Å². The Morgan fingerprint density at radius 3 is 2.32 bits per heavy atom. The first-order chi connectivity index (χ1) is 10.1. The zero-order valence-corrected chi connectivity index (χ0v) is 14.5. The molecule has 0 saturated carbocycles. The van der Waals surface area contributed by atoms with E-state index in [9.17, 15) is 8.42 Å². The lowest BCUT2D eigenvalue weighted by atomic mass is 9.99. The molecular weight excluding hydrogens is 324 g/mol. The van der Waals surface area contributed by atoms with Crippen molar-refractivity contribution in [2.45, 2.75) is 31.1 Å². The predicted molar refractivity (Wildman–Crippen MR) is 90.0 cm³/mol. The van der Waals surface area contributed by atoms with Gasteiger partial charge in [-0.1, -0.05) is 6.92 Å². The van der Waals surface area contributed by atoms with Crippen molar-refractivity contribution in [2.24, 2.45) is 11.7 Å². The summed E-state index contributed by atoms with van der Waals surface area (Å²) in [6, 6.07) is 6.68. The summed E-state index contributed by atoms with van der Waals surface area (Å²) >= 11 is 0. The van der Waals surface area contributed by atoms with Gasteiger partial charge >= 0.3 is 0 Å². The fraction of sp³-hybridized carbons (Fsp3) is 0.600. The molecule has 1 aromatic rings. The van der Waals surface area contributed by atoms with Crippen molar-refractivity contribution in [3.8, 4) is 5.75 Å². The van der Waals surface area contributed by atoms with E-state index in [1.807, 2.05) is 6.92 Å². The normalized spacial score (nSPS) is 17.0. The summed E-state index contributed by atoms with van der Waals surface area (Å²) in [5.41, 5.74) is 5.64. The van der Waals surface area contributed by atoms with Crippen LogP contribution in [0.25, 0.3) is 0 Å². The third-order valence-corrected chi connectivity index (χ3v) is 5.75. The van der Waals surface area contributed by atoms with Gasteiger partial charge in [0, 0.05) is 13.1 Å². The highest BCUT2D eigenvalue weighted by atomic mass is 35.5. The monoisotopic (exact) mass is 348 g/mol. The Morgan fingerprint density at radius 2 is 1.82 bits per heavy atom. The van der Waals surface area contributed by atoms with E-state index in [4.69, 9.17) is 10.5 Å². The lowest BCUT2D eigenvalue weighted by Crippen LogP contribution is -2.39. The molecule has 0 radical (unpaired) electrons. The first-order valence-corrected chi connectivity index (χ1v) is 8.95. The fourth-order valence-corrected chi connectivity index (χ4v) is 3.93. The van der Waals surface area contributed by atoms with Crippen molar-refractivity contribution >= 4 is 22.4 Å². The molecule has 1 aromatic carbocycles. The highest BCUT2D eigenvalue weighted by molar-refractivity contribution is 7.89. The third-order valence-electron chi connectivity index (χ3n) is 3.84. The van der Waals surface area contributed by atoms with E-state index in [2.05, 4.69) is 0 Å². The van der Waals surface area contributed by atoms with Crippen LogP contribution in [0.1, 0.15) is 26.2 Å². The average molecular weight is 349 g/mol. The topological polar surface area (TPSA) is 72.6 Å². The minimum absolute atomic E-state index is 0. The highest BCUT2D eigenvalue weighted by Crippen LogP contribution is 2.24. The number of rotatable bonds is 6. The van der Waals surface area contributed by atoms with Crippen molar-refractivity contribution in [2.75, 3.05) is 26.2 Å². The van der Waals surface area contributed by atoms with Crippen LogP contribution in [0.15, 0.2) is 29.2 Å². The average Bonchev–Trinajstić information content (AvgIpc) is 2.53. The van der Waals surface area contributed by atoms with E-state index in [1.165, 1.54) is 0 Å². The second kappa shape index (κ2) is 8.72. The molecular formula is C15H25ClN2O3S. The molecule has 0 amide bonds. The molecule has 0 atom stereocenters. The summed E-state index contributed by atoms with van der Waals surface area (Å²) in [7, 11) is -3.39. The van der Waals surface area contributed by atoms with E-state index in [1.54, 1.807) is 28.6 Å². The summed E-state index contributed by atoms with van der Waals surface area (Å²) in [5, 5.41) is 0. The van der Waals surface area contributed by atoms with Gasteiger partial charge in [-0.15, -0.1) is 12.4 Å². The standard InChI is InChI=1S/C15H24N2O3S.ClH/c1-2-11-20-14-3-5-15(6-4-14)21(18,19)17-9-7-13(12-16)8-10-17;/h3-6,13H,2,7-12,16H2,1H3;1H. The molecule has 2 rings (SSSR count). The zero-order chi connectivity index (χ0) is 15.3. The third kappa shape index (κ3) is 4.59. The van der Waals surface area contributed by atoms with E-state index in [-0.39, 0.29) is 12.4 Å². The highest BCUT2D eigenvalue weighted by Gasteiger charge is 2.28. The molecule has 1 heterocycles. The lowest BCUT2D eigenvalue weighted by molar-refractivity contribution is 0.278. The summed E-state index contributed by atoms with van der Waals surface area (Å²) in [5.74, 6) is 1.15. The minimum atomic E-state index is -3.39. The predicted octanol–water partition coefficient (Wildman–Crippen LogP) is 2.26. The number of nitrogens with zero attached hydrogens (tertiary/aromatic N) is 1. The Bertz CT molecular complexity index is 540. The van der Waals surface area contributed by atoms with Gasteiger partial charge in [-0.25, -0.2) is 8.42 Å². The smallest absolute Gasteiger partial charge is 0.243 e. The zero-order valence-electron chi connectivity index (χ0n) is 12.9. The second-order valence-corrected chi connectivity index (χ2v) is 7.34. The number of nitrogens with two attached hydrogens (primary N) is 1. The van der Waals surface area contributed by atoms with Crippen LogP contribution in [0, 0.1) is 5.92 Å². The molecule has 0 aromatic heterocycles. The van der Waals surface area contributed by atoms with Gasteiger partial charge in [-0.2, -0.15) is 4.31 Å². The Hall–Kier alpha value is -0.820. The second-order valence-electron chi connectivity index (χ2n) is 5.40. The maximum atomic E-state index is 12.6. The number of piperidine rings is 1. The van der Waals surface area contributed by atoms with Crippen LogP contribution in [0.4, 0.5) is 0 Å². The van der Waals surface area contributed by atoms with Crippen LogP contribution in [0.3, 0.4) is 0 Å². The van der Waals surface area contributed by atoms with Crippen LogP contribution in [0.5, 0.6) is 5.75 Å². The lowest BCUT2D eigenvalue weighted by Gasteiger charge is -2.30. The number of hydrogen-bond donors (Lipinski definition) is 1. The van der Waals surface area contributed by atoms with Crippen molar-refractivity contribution in [3.63, 3.8) is 0 Å². The first-order valence-electron chi connectivity index (χ1n) is 7.51. The molecule has 1 aliphatic heterocycles. The Kier molecular flexibility index (Phi) is 7.62. The quantitative estimate of drug-likeness (QED) is 0.855. The van der Waals surface area contributed by atoms with E-state index < -0.39 is 10.0 Å². The Balaban J connectivity index is 0.00000242. The summed E-state index contributed by atoms with van der Waals surface area (Å²) < 4.78 is 32.2. The summed E-state index contributed by atoms with van der Waals surface area (Å²) in [6.45, 7) is 4.41. The summed E-state index contributed by atoms with van der Waals surface area (Å²) in [6.07, 6.45) is 2.61. The molecule has 0 spiro atoms. The van der Waals surface area contributed by atoms with Crippen molar-refractivity contribution in [1.29, 1.82) is 0 Å². The molecule has 5 nitrogen and oxygen atoms in total. The van der Waals surface area contributed by atoms with Crippen molar-refractivity contribution in [1.82, 2.24) is 4.31 Å². The van der Waals surface area contributed by atoms with Gasteiger partial charge in [-0.3, -0.25) is 0 Å². The SMILES string of the molecule is CCCOc1ccc(S(=O)(=O)N2CCC(CN)CC2)cc1.Cl. The van der Waals surface area contributed by atoms with E-state index in [0.717, 1.165) is 19.3 Å². The number of ether oxygens (including phenoxy) is 1. The summed E-state index contributed by atoms with van der Waals surface area (Å²) in [4.78, 5) is 0.331. The minimum Gasteiger partial charge on any atom is -0.494 e. The van der Waals surface area contributed by atoms with Gasteiger partial charge in [0.05, 0.1) is 11.5 Å². The fourth-order valence-electron chi connectivity index (χ4n) is 2.46. The van der Waals surface area contributed by atoms with Gasteiger partial charge in [0.15, 0.2) is 0 Å². The van der Waals surface area contributed by atoms with E-state index >= 15 is 0 Å². The largest absolute Gasteiger partial charge is 0.494 e. The van der Waals surface area contributed by atoms with Gasteiger partial charge in [0.25, 0.3) is 0 Å². The number of sulfonamides is 1. The van der Waals surface area contributed by atoms with Crippen molar-refractivity contribution in [3.05, 3.63) is 24.3 Å². The maximum Gasteiger partial charge on any atom is 0.243 e. The molecule has 1 saturated heterocycles. The van der Waals surface area contributed by atoms with Crippen LogP contribution >= 0.6 is 12.4 Å². The van der Waals surface area contributed by atoms with Gasteiger partial charge in [0.2, 0.25) is 10.0 Å². The van der Waals surface area contributed by atoms with Gasteiger partial charge < -0.3 is 10.5 Å². The van der Waals surface area contributed by atoms with Crippen LogP contribution in [-0.2, 0) is 10.0 Å². The van der Waals surface area contributed by atoms with Gasteiger partial charge in [-0.05, 0) is 56.0 Å². The molecule has 1 fully saturated rings. The van der Waals surface area contributed by atoms with Crippen LogP contribution in [-0.4, -0.2) is 39.0 Å². The maximum absolute atomic E-state index is 12.6. The van der Waals surface area contributed by atoms with E-state index in [0.29, 0.717) is 42.8 Å².